The lowest BCUT2D eigenvalue weighted by Gasteiger charge is -2.32. The predicted molar refractivity (Wildman–Crippen MR) is 260 cm³/mol. The molecule has 0 radical (unpaired) electrons. The number of aromatic nitrogens is 6. The monoisotopic (exact) mass is 1170 g/mol. The van der Waals surface area contributed by atoms with Gasteiger partial charge in [0.25, 0.3) is 23.6 Å². The summed E-state index contributed by atoms with van der Waals surface area (Å²) in [6, 6.07) is 9.12. The van der Waals surface area contributed by atoms with Crippen LogP contribution in [0.25, 0.3) is 23.2 Å². The van der Waals surface area contributed by atoms with Crippen LogP contribution in [0.15, 0.2) is 63.5 Å². The largest absolute Gasteiger partial charge is 0.474 e. The highest BCUT2D eigenvalue weighted by molar-refractivity contribution is 5.90. The number of nitrogens with one attached hydrogen (secondary N) is 2. The van der Waals surface area contributed by atoms with E-state index in [0.29, 0.717) is 24.1 Å². The number of allylic oxidation sites excluding steroid dienone is 1. The number of benzene rings is 1. The summed E-state index contributed by atoms with van der Waals surface area (Å²) in [7, 11) is 0. The highest BCUT2D eigenvalue weighted by atomic mass is 19.4. The van der Waals surface area contributed by atoms with E-state index in [1.165, 1.54) is 67.5 Å². The van der Waals surface area contributed by atoms with Crippen molar-refractivity contribution >= 4 is 23.6 Å². The van der Waals surface area contributed by atoms with Gasteiger partial charge in [-0.05, 0) is 112 Å². The van der Waals surface area contributed by atoms with E-state index in [2.05, 4.69) is 41.0 Å². The fourth-order valence-corrected chi connectivity index (χ4v) is 7.80. The topological polar surface area (TPSA) is 228 Å². The summed E-state index contributed by atoms with van der Waals surface area (Å²) in [4.78, 5) is 32.6. The minimum absolute atomic E-state index is 0.0501. The van der Waals surface area contributed by atoms with Crippen LogP contribution in [0.4, 0.5) is 73.6 Å². The Bertz CT molecular complexity index is 3010. The van der Waals surface area contributed by atoms with E-state index < -0.39 is 160 Å². The zero-order valence-corrected chi connectivity index (χ0v) is 44.6. The first-order chi connectivity index (χ1) is 37.4. The van der Waals surface area contributed by atoms with E-state index >= 15 is 0 Å². The molecule has 444 valence electrons. The number of halogens is 12. The summed E-state index contributed by atoms with van der Waals surface area (Å²) in [5, 5.41) is 28.9. The summed E-state index contributed by atoms with van der Waals surface area (Å²) in [5.41, 5.74) is -13.4. The van der Waals surface area contributed by atoms with Crippen molar-refractivity contribution in [2.75, 3.05) is 10.6 Å². The highest BCUT2D eigenvalue weighted by Gasteiger charge is 2.61. The van der Waals surface area contributed by atoms with Crippen molar-refractivity contribution in [1.82, 2.24) is 30.4 Å². The molecule has 6 heterocycles. The molecule has 8 bridgehead atoms. The quantitative estimate of drug-likeness (QED) is 0.110. The summed E-state index contributed by atoms with van der Waals surface area (Å²) in [6.07, 6.45) is -22.3. The number of hydrogen-bond acceptors (Lipinski definition) is 16. The van der Waals surface area contributed by atoms with Gasteiger partial charge in [-0.2, -0.15) is 52.7 Å². The zero-order chi connectivity index (χ0) is 60.1. The van der Waals surface area contributed by atoms with Gasteiger partial charge in [-0.1, -0.05) is 48.9 Å². The van der Waals surface area contributed by atoms with Crippen molar-refractivity contribution in [3.63, 3.8) is 0 Å². The molecular formula is C51H56F12N8O10. The second-order valence-corrected chi connectivity index (χ2v) is 20.7. The van der Waals surface area contributed by atoms with Crippen molar-refractivity contribution in [2.45, 2.75) is 173 Å². The maximum absolute atomic E-state index is 14.9. The molecule has 81 heavy (non-hydrogen) atoms. The maximum atomic E-state index is 14.9. The second-order valence-electron chi connectivity index (χ2n) is 20.7. The van der Waals surface area contributed by atoms with Crippen LogP contribution in [0.1, 0.15) is 135 Å². The Labute approximate surface area is 454 Å². The molecule has 0 saturated carbocycles. The number of ether oxygens (including phenoxy) is 5. The summed E-state index contributed by atoms with van der Waals surface area (Å²) in [6.45, 7) is 11.6. The van der Waals surface area contributed by atoms with Gasteiger partial charge < -0.3 is 37.6 Å². The van der Waals surface area contributed by atoms with Gasteiger partial charge in [0.1, 0.15) is 28.4 Å². The first-order valence-corrected chi connectivity index (χ1v) is 24.8. The van der Waals surface area contributed by atoms with Gasteiger partial charge in [0.2, 0.25) is 23.0 Å². The minimum Gasteiger partial charge on any atom is -0.474 e. The molecule has 2 amide bonds. The number of aliphatic hydroxyl groups is 1. The Morgan fingerprint density at radius 3 is 1.62 bits per heavy atom. The predicted octanol–water partition coefficient (Wildman–Crippen LogP) is 14.0. The Morgan fingerprint density at radius 1 is 0.642 bits per heavy atom. The van der Waals surface area contributed by atoms with Gasteiger partial charge in [-0.3, -0.25) is 10.6 Å². The zero-order valence-electron chi connectivity index (χ0n) is 44.6. The standard InChI is InChI=1S/C29H30F6N4O5.C22H26F6N4O5/c1-17-11-7-6-10-14-27(29(33,34)35,41-16-18-12-8-5-9-13-18)24-39-38-23(43-24)21-20(36-25(40)44-26(2,3)4)15-19(28(30,31)32)22(37-21)42-17;1-11-8-6-5-7-9-20(34,22(26,27)28)17-32-31-16(36-17)14-13(29-18(33)37-19(2,3)4)10-12(21(23,24)25)15(30-14)35-11/h5-9,12-13,15,17H,10-11,14,16H2,1-4H3,(H,36,40);10-11,34H,5-9H2,1-4H3,(H,29,33). The van der Waals surface area contributed by atoms with Crippen molar-refractivity contribution in [1.29, 1.82) is 0 Å². The second kappa shape index (κ2) is 24.1. The van der Waals surface area contributed by atoms with Crippen LogP contribution in [0.3, 0.4) is 0 Å². The van der Waals surface area contributed by atoms with E-state index in [1.807, 2.05) is 0 Å². The number of carbonyl (C=O) groups is 2. The number of amides is 2. The average molecular weight is 1170 g/mol. The lowest BCUT2D eigenvalue weighted by molar-refractivity contribution is -0.299. The Hall–Kier alpha value is -7.24. The molecule has 5 aromatic rings. The molecule has 30 heteroatoms. The molecule has 3 N–H and O–H groups in total. The van der Waals surface area contributed by atoms with Crippen molar-refractivity contribution in [3.8, 4) is 34.9 Å². The van der Waals surface area contributed by atoms with Gasteiger partial charge in [0, 0.05) is 6.42 Å². The minimum atomic E-state index is -5.19. The van der Waals surface area contributed by atoms with Gasteiger partial charge in [0.05, 0.1) is 24.1 Å². The molecule has 0 fully saturated rings. The number of rotatable bonds is 5. The molecule has 7 rings (SSSR count). The van der Waals surface area contributed by atoms with Crippen LogP contribution in [0.5, 0.6) is 11.8 Å². The van der Waals surface area contributed by atoms with E-state index in [1.54, 1.807) is 30.3 Å². The number of alkyl halides is 12. The Kier molecular flexibility index (Phi) is 18.7. The number of anilines is 2. The normalized spacial score (nSPS) is 20.5. The number of hydrogen-bond donors (Lipinski definition) is 3. The van der Waals surface area contributed by atoms with E-state index in [9.17, 15) is 67.4 Å². The molecule has 4 atom stereocenters. The lowest BCUT2D eigenvalue weighted by atomic mass is 9.94. The van der Waals surface area contributed by atoms with E-state index in [4.69, 9.17) is 32.5 Å². The smallest absolute Gasteiger partial charge is 0.426 e. The third kappa shape index (κ3) is 16.0. The Morgan fingerprint density at radius 2 is 1.14 bits per heavy atom. The van der Waals surface area contributed by atoms with Gasteiger partial charge in [0.15, 0.2) is 11.4 Å². The summed E-state index contributed by atoms with van der Waals surface area (Å²) >= 11 is 0. The molecule has 1 aromatic carbocycles. The molecule has 0 aliphatic carbocycles. The van der Waals surface area contributed by atoms with Crippen LogP contribution in [0, 0.1) is 0 Å². The first-order valence-electron chi connectivity index (χ1n) is 24.8. The fraction of sp³-hybridized carbons (Fsp3) is 0.529. The number of fused-ring (bicyclic) bond motifs is 10. The number of carbonyl (C=O) groups excluding carboxylic acids is 2. The van der Waals surface area contributed by atoms with Gasteiger partial charge in [-0.15, -0.1) is 20.4 Å². The van der Waals surface area contributed by atoms with Crippen LogP contribution in [0.2, 0.25) is 0 Å². The van der Waals surface area contributed by atoms with E-state index in [-0.39, 0.29) is 32.1 Å². The van der Waals surface area contributed by atoms with Crippen molar-refractivity contribution in [3.05, 3.63) is 83.1 Å². The van der Waals surface area contributed by atoms with Crippen LogP contribution in [-0.4, -0.2) is 83.4 Å². The van der Waals surface area contributed by atoms with Crippen molar-refractivity contribution in [2.24, 2.45) is 0 Å². The number of pyridine rings is 2. The molecule has 0 saturated heterocycles. The Balaban J connectivity index is 0.000000265. The third-order valence-corrected chi connectivity index (χ3v) is 11.6. The van der Waals surface area contributed by atoms with Crippen LogP contribution < -0.4 is 20.1 Å². The van der Waals surface area contributed by atoms with Crippen LogP contribution in [-0.2, 0) is 44.4 Å². The summed E-state index contributed by atoms with van der Waals surface area (Å²) < 4.78 is 208. The fourth-order valence-electron chi connectivity index (χ4n) is 7.80. The molecular weight excluding hydrogens is 1110 g/mol. The van der Waals surface area contributed by atoms with Gasteiger partial charge in [-0.25, -0.2) is 19.6 Å². The lowest BCUT2D eigenvalue weighted by Crippen LogP contribution is -2.45. The maximum Gasteiger partial charge on any atom is 0.426 e. The third-order valence-electron chi connectivity index (χ3n) is 11.6. The molecule has 0 spiro atoms. The van der Waals surface area contributed by atoms with Gasteiger partial charge >= 0.3 is 36.9 Å². The molecule has 4 unspecified atom stereocenters. The number of nitrogens with zero attached hydrogens (tertiary/aromatic N) is 6. The SMILES string of the molecule is CC1CC=CCCC(OCc2ccccc2)(C(F)(F)F)c2nnc(o2)-c2nc(c(C(F)(F)F)cc2NC(=O)OC(C)(C)C)O1.CC1CCCCCC(O)(C(F)(F)F)c2nnc(o2)-c2nc(c(C(F)(F)F)cc2NC(=O)OC(C)(C)C)O1. The van der Waals surface area contributed by atoms with Crippen LogP contribution >= 0.6 is 0 Å². The molecule has 2 aliphatic heterocycles. The first kappa shape index (κ1) is 62.9. The molecule has 18 nitrogen and oxygen atoms in total. The average Bonchev–Trinajstić information content (AvgIpc) is 4.02. The van der Waals surface area contributed by atoms with Crippen molar-refractivity contribution < 1.29 is 99.9 Å². The summed E-state index contributed by atoms with van der Waals surface area (Å²) in [5.74, 6) is -5.52. The molecule has 4 aromatic heterocycles. The highest BCUT2D eigenvalue weighted by Crippen LogP contribution is 2.49. The van der Waals surface area contributed by atoms with E-state index in [0.717, 1.165) is 0 Å². The molecule has 2 aliphatic rings.